The van der Waals surface area contributed by atoms with E-state index >= 15 is 0 Å². The van der Waals surface area contributed by atoms with Gasteiger partial charge in [-0.15, -0.1) is 6.58 Å². The molecule has 1 nitrogen and oxygen atoms in total. The van der Waals surface area contributed by atoms with Crippen molar-refractivity contribution in [3.63, 3.8) is 0 Å². The molecule has 0 amide bonds. The van der Waals surface area contributed by atoms with E-state index in [1.54, 1.807) is 0 Å². The van der Waals surface area contributed by atoms with Gasteiger partial charge in [0, 0.05) is 0 Å². The van der Waals surface area contributed by atoms with E-state index in [-0.39, 0.29) is 0 Å². The van der Waals surface area contributed by atoms with Crippen molar-refractivity contribution in [2.75, 3.05) is 13.1 Å². The van der Waals surface area contributed by atoms with Crippen LogP contribution in [0, 0.1) is 17.8 Å². The van der Waals surface area contributed by atoms with E-state index in [1.807, 2.05) is 0 Å². The maximum Gasteiger partial charge on any atom is -0.00180 e. The van der Waals surface area contributed by atoms with Gasteiger partial charge in [-0.2, -0.15) is 0 Å². The lowest BCUT2D eigenvalue weighted by molar-refractivity contribution is 0.161. The molecule has 0 aliphatic heterocycles. The summed E-state index contributed by atoms with van der Waals surface area (Å²) >= 11 is 0. The van der Waals surface area contributed by atoms with Gasteiger partial charge < -0.3 is 5.32 Å². The summed E-state index contributed by atoms with van der Waals surface area (Å²) in [4.78, 5) is 0. The second-order valence-electron chi connectivity index (χ2n) is 5.63. The molecule has 0 saturated heterocycles. The Bertz CT molecular complexity index is 200. The highest BCUT2D eigenvalue weighted by atomic mass is 14.8. The van der Waals surface area contributed by atoms with Crippen LogP contribution in [-0.2, 0) is 0 Å². The second-order valence-corrected chi connectivity index (χ2v) is 5.63. The standard InChI is InChI=1S/C16H31N/c1-4-7-8-9-15-12-14(5-2)10-11-16(15)13-17-6-3/h4,14-17H,1,5-13H2,2-3H3. The first-order valence-corrected chi connectivity index (χ1v) is 7.63. The Hall–Kier alpha value is -0.300. The number of unbranched alkanes of at least 4 members (excludes halogenated alkanes) is 1. The van der Waals surface area contributed by atoms with Crippen LogP contribution in [0.25, 0.3) is 0 Å². The Kier molecular flexibility index (Phi) is 7.59. The quantitative estimate of drug-likeness (QED) is 0.487. The lowest BCUT2D eigenvalue weighted by Crippen LogP contribution is -2.33. The molecule has 3 atom stereocenters. The Morgan fingerprint density at radius 1 is 1.24 bits per heavy atom. The molecule has 1 aliphatic rings. The summed E-state index contributed by atoms with van der Waals surface area (Å²) in [7, 11) is 0. The van der Waals surface area contributed by atoms with Gasteiger partial charge in [-0.1, -0.05) is 32.8 Å². The molecule has 1 N–H and O–H groups in total. The summed E-state index contributed by atoms with van der Waals surface area (Å²) in [5.41, 5.74) is 0. The molecule has 0 spiro atoms. The highest BCUT2D eigenvalue weighted by Gasteiger charge is 2.28. The first-order chi connectivity index (χ1) is 8.31. The Labute approximate surface area is 108 Å². The Balaban J connectivity index is 2.39. The molecule has 100 valence electrons. The van der Waals surface area contributed by atoms with Crippen LogP contribution in [0.5, 0.6) is 0 Å². The van der Waals surface area contributed by atoms with Crippen molar-refractivity contribution >= 4 is 0 Å². The fraction of sp³-hybridized carbons (Fsp3) is 0.875. The van der Waals surface area contributed by atoms with Crippen LogP contribution in [0.2, 0.25) is 0 Å². The first kappa shape index (κ1) is 14.8. The van der Waals surface area contributed by atoms with Crippen LogP contribution in [-0.4, -0.2) is 13.1 Å². The molecule has 1 rings (SSSR count). The molecule has 1 heteroatoms. The van der Waals surface area contributed by atoms with E-state index < -0.39 is 0 Å². The monoisotopic (exact) mass is 237 g/mol. The molecule has 0 bridgehead atoms. The van der Waals surface area contributed by atoms with Crippen LogP contribution >= 0.6 is 0 Å². The summed E-state index contributed by atoms with van der Waals surface area (Å²) in [6.07, 6.45) is 11.8. The van der Waals surface area contributed by atoms with Gasteiger partial charge in [-0.3, -0.25) is 0 Å². The third-order valence-corrected chi connectivity index (χ3v) is 4.47. The van der Waals surface area contributed by atoms with Gasteiger partial charge in [-0.25, -0.2) is 0 Å². The van der Waals surface area contributed by atoms with Crippen molar-refractivity contribution in [2.24, 2.45) is 17.8 Å². The predicted molar refractivity (Wildman–Crippen MR) is 77.2 cm³/mol. The molecule has 0 heterocycles. The maximum atomic E-state index is 3.83. The van der Waals surface area contributed by atoms with Gasteiger partial charge in [0.2, 0.25) is 0 Å². The van der Waals surface area contributed by atoms with E-state index in [0.29, 0.717) is 0 Å². The van der Waals surface area contributed by atoms with Gasteiger partial charge in [0.15, 0.2) is 0 Å². The SMILES string of the molecule is C=CCCCC1CC(CC)CCC1CNCC. The number of hydrogen-bond donors (Lipinski definition) is 1. The summed E-state index contributed by atoms with van der Waals surface area (Å²) in [6.45, 7) is 10.8. The van der Waals surface area contributed by atoms with Gasteiger partial charge in [0.25, 0.3) is 0 Å². The average molecular weight is 237 g/mol. The Morgan fingerprint density at radius 3 is 2.71 bits per heavy atom. The molecule has 0 aromatic heterocycles. The molecule has 1 saturated carbocycles. The predicted octanol–water partition coefficient (Wildman–Crippen LogP) is 4.39. The second kappa shape index (κ2) is 8.74. The topological polar surface area (TPSA) is 12.0 Å². The number of nitrogens with one attached hydrogen (secondary N) is 1. The molecular formula is C16H31N. The van der Waals surface area contributed by atoms with Crippen LogP contribution in [0.4, 0.5) is 0 Å². The summed E-state index contributed by atoms with van der Waals surface area (Å²) < 4.78 is 0. The molecular weight excluding hydrogens is 206 g/mol. The fourth-order valence-electron chi connectivity index (χ4n) is 3.27. The van der Waals surface area contributed by atoms with E-state index in [4.69, 9.17) is 0 Å². The fourth-order valence-corrected chi connectivity index (χ4v) is 3.27. The highest BCUT2D eigenvalue weighted by molar-refractivity contribution is 4.81. The lowest BCUT2D eigenvalue weighted by atomic mass is 9.71. The maximum absolute atomic E-state index is 3.83. The van der Waals surface area contributed by atoms with Crippen molar-refractivity contribution in [1.82, 2.24) is 5.32 Å². The zero-order chi connectivity index (χ0) is 12.5. The van der Waals surface area contributed by atoms with Crippen molar-refractivity contribution < 1.29 is 0 Å². The summed E-state index contributed by atoms with van der Waals surface area (Å²) in [6, 6.07) is 0. The van der Waals surface area contributed by atoms with E-state index in [0.717, 1.165) is 24.3 Å². The first-order valence-electron chi connectivity index (χ1n) is 7.63. The molecule has 0 aromatic carbocycles. The zero-order valence-corrected chi connectivity index (χ0v) is 11.9. The van der Waals surface area contributed by atoms with E-state index in [1.165, 1.54) is 51.5 Å². The van der Waals surface area contributed by atoms with Crippen molar-refractivity contribution in [2.45, 2.75) is 58.8 Å². The Morgan fingerprint density at radius 2 is 2.06 bits per heavy atom. The minimum Gasteiger partial charge on any atom is -0.317 e. The van der Waals surface area contributed by atoms with Crippen LogP contribution < -0.4 is 5.32 Å². The average Bonchev–Trinajstić information content (AvgIpc) is 2.37. The summed E-state index contributed by atoms with van der Waals surface area (Å²) in [5, 5.41) is 3.55. The third-order valence-electron chi connectivity index (χ3n) is 4.47. The van der Waals surface area contributed by atoms with E-state index in [2.05, 4.69) is 31.8 Å². The molecule has 1 fully saturated rings. The van der Waals surface area contributed by atoms with Crippen LogP contribution in [0.3, 0.4) is 0 Å². The minimum atomic E-state index is 0.933. The normalized spacial score (nSPS) is 29.2. The number of rotatable bonds is 8. The molecule has 0 radical (unpaired) electrons. The molecule has 1 aliphatic carbocycles. The van der Waals surface area contributed by atoms with Crippen LogP contribution in [0.1, 0.15) is 58.8 Å². The number of allylic oxidation sites excluding steroid dienone is 1. The van der Waals surface area contributed by atoms with Crippen molar-refractivity contribution in [3.05, 3.63) is 12.7 Å². The smallest absolute Gasteiger partial charge is 0.00180 e. The van der Waals surface area contributed by atoms with Gasteiger partial charge in [0.05, 0.1) is 0 Å². The lowest BCUT2D eigenvalue weighted by Gasteiger charge is -2.36. The van der Waals surface area contributed by atoms with Gasteiger partial charge >= 0.3 is 0 Å². The molecule has 3 unspecified atom stereocenters. The minimum absolute atomic E-state index is 0.933. The van der Waals surface area contributed by atoms with Crippen molar-refractivity contribution in [1.29, 1.82) is 0 Å². The van der Waals surface area contributed by atoms with Gasteiger partial charge in [0.1, 0.15) is 0 Å². The summed E-state index contributed by atoms with van der Waals surface area (Å²) in [5.74, 6) is 2.90. The zero-order valence-electron chi connectivity index (χ0n) is 11.9. The molecule has 17 heavy (non-hydrogen) atoms. The van der Waals surface area contributed by atoms with E-state index in [9.17, 15) is 0 Å². The largest absolute Gasteiger partial charge is 0.317 e. The van der Waals surface area contributed by atoms with Crippen LogP contribution in [0.15, 0.2) is 12.7 Å². The van der Waals surface area contributed by atoms with Crippen molar-refractivity contribution in [3.8, 4) is 0 Å². The van der Waals surface area contributed by atoms with Gasteiger partial charge in [-0.05, 0) is 62.9 Å². The highest BCUT2D eigenvalue weighted by Crippen LogP contribution is 2.37. The third kappa shape index (κ3) is 5.25. The molecule has 0 aromatic rings. The number of hydrogen-bond acceptors (Lipinski definition) is 1.